The SMILES string of the molecule is COC1C(C)=C(C(=O)OC(C)(C)C)N2C(=O)[C@@H](NC(=O)COc3ccccc3)[C@H]2S1(=O)=O. The molecule has 0 bridgehead atoms. The number of hydrogen-bond acceptors (Lipinski definition) is 8. The molecule has 1 N–H and O–H groups in total. The highest BCUT2D eigenvalue weighted by atomic mass is 32.2. The lowest BCUT2D eigenvalue weighted by atomic mass is 10.0. The Labute approximate surface area is 186 Å². The largest absolute Gasteiger partial charge is 0.484 e. The maximum atomic E-state index is 13.1. The van der Waals surface area contributed by atoms with Gasteiger partial charge in [-0.1, -0.05) is 18.2 Å². The van der Waals surface area contributed by atoms with Crippen LogP contribution in [0.15, 0.2) is 41.6 Å². The van der Waals surface area contributed by atoms with Crippen LogP contribution < -0.4 is 10.1 Å². The van der Waals surface area contributed by atoms with Gasteiger partial charge in [-0.15, -0.1) is 0 Å². The van der Waals surface area contributed by atoms with E-state index in [0.717, 1.165) is 4.90 Å². The van der Waals surface area contributed by atoms with Crippen LogP contribution in [-0.2, 0) is 33.7 Å². The van der Waals surface area contributed by atoms with Crippen LogP contribution in [0, 0.1) is 0 Å². The number of nitrogens with one attached hydrogen (secondary N) is 1. The van der Waals surface area contributed by atoms with Gasteiger partial charge in [0.1, 0.15) is 23.1 Å². The molecule has 11 heteroatoms. The van der Waals surface area contributed by atoms with Gasteiger partial charge >= 0.3 is 5.97 Å². The number of methoxy groups -OCH3 is 1. The molecule has 2 amide bonds. The van der Waals surface area contributed by atoms with Gasteiger partial charge < -0.3 is 19.5 Å². The molecule has 2 aliphatic heterocycles. The average Bonchev–Trinajstić information content (AvgIpc) is 2.69. The van der Waals surface area contributed by atoms with E-state index in [0.29, 0.717) is 5.75 Å². The summed E-state index contributed by atoms with van der Waals surface area (Å²) in [6, 6.07) is 7.17. The molecule has 3 rings (SSSR count). The highest BCUT2D eigenvalue weighted by Gasteiger charge is 2.63. The lowest BCUT2D eigenvalue weighted by molar-refractivity contribution is -0.159. The second-order valence-corrected chi connectivity index (χ2v) is 10.5. The summed E-state index contributed by atoms with van der Waals surface area (Å²) >= 11 is 0. The Morgan fingerprint density at radius 2 is 1.78 bits per heavy atom. The molecular weight excluding hydrogens is 440 g/mol. The lowest BCUT2D eigenvalue weighted by Gasteiger charge is -2.50. The quantitative estimate of drug-likeness (QED) is 0.480. The van der Waals surface area contributed by atoms with Crippen molar-refractivity contribution in [2.45, 2.75) is 50.1 Å². The smallest absolute Gasteiger partial charge is 0.355 e. The molecule has 2 heterocycles. The Morgan fingerprint density at radius 1 is 1.16 bits per heavy atom. The van der Waals surface area contributed by atoms with Gasteiger partial charge in [-0.25, -0.2) is 13.2 Å². The Kier molecular flexibility index (Phi) is 6.34. The minimum atomic E-state index is -4.11. The first-order valence-corrected chi connectivity index (χ1v) is 11.5. The van der Waals surface area contributed by atoms with Crippen LogP contribution in [0.1, 0.15) is 27.7 Å². The summed E-state index contributed by atoms with van der Waals surface area (Å²) in [5, 5.41) is 0.900. The van der Waals surface area contributed by atoms with Crippen molar-refractivity contribution in [3.63, 3.8) is 0 Å². The van der Waals surface area contributed by atoms with Crippen molar-refractivity contribution in [1.82, 2.24) is 10.2 Å². The standard InChI is InChI=1S/C21H26N2O8S/c1-12-16(19(26)31-21(2,3)4)23-17(25)15(18(23)32(27,28)20(12)29-5)22-14(24)11-30-13-9-7-6-8-10-13/h6-10,15,18,20H,11H2,1-5H3,(H,22,24)/t15-,18-,20?/m1/s1. The second-order valence-electron chi connectivity index (χ2n) is 8.44. The minimum Gasteiger partial charge on any atom is -0.484 e. The predicted octanol–water partition coefficient (Wildman–Crippen LogP) is 0.735. The predicted molar refractivity (Wildman–Crippen MR) is 113 cm³/mol. The van der Waals surface area contributed by atoms with Crippen molar-refractivity contribution in [1.29, 1.82) is 0 Å². The van der Waals surface area contributed by atoms with E-state index in [9.17, 15) is 22.8 Å². The molecule has 0 saturated carbocycles. The third-order valence-electron chi connectivity index (χ3n) is 4.88. The van der Waals surface area contributed by atoms with Gasteiger partial charge in [0.15, 0.2) is 17.4 Å². The van der Waals surface area contributed by atoms with E-state index < -0.39 is 56.7 Å². The summed E-state index contributed by atoms with van der Waals surface area (Å²) in [7, 11) is -2.92. The number of rotatable bonds is 6. The number of β-lactam (4-membered cyclic amide) rings is 1. The van der Waals surface area contributed by atoms with Crippen molar-refractivity contribution in [2.24, 2.45) is 0 Å². The summed E-state index contributed by atoms with van der Waals surface area (Å²) in [6.07, 6.45) is 0. The van der Waals surface area contributed by atoms with Crippen LogP contribution in [0.2, 0.25) is 0 Å². The van der Waals surface area contributed by atoms with E-state index in [2.05, 4.69) is 5.32 Å². The van der Waals surface area contributed by atoms with Crippen molar-refractivity contribution < 1.29 is 37.0 Å². The van der Waals surface area contributed by atoms with E-state index in [1.165, 1.54) is 14.0 Å². The molecule has 2 aliphatic rings. The van der Waals surface area contributed by atoms with Crippen LogP contribution in [-0.4, -0.2) is 67.3 Å². The normalized spacial score (nSPS) is 24.3. The van der Waals surface area contributed by atoms with Crippen molar-refractivity contribution in [3.05, 3.63) is 41.6 Å². The number of para-hydroxylation sites is 1. The maximum Gasteiger partial charge on any atom is 0.355 e. The van der Waals surface area contributed by atoms with Gasteiger partial charge in [0.25, 0.3) is 11.8 Å². The summed E-state index contributed by atoms with van der Waals surface area (Å²) < 4.78 is 42.0. The number of nitrogens with zero attached hydrogens (tertiary/aromatic N) is 1. The molecule has 0 aromatic heterocycles. The fraction of sp³-hybridized carbons (Fsp3) is 0.476. The van der Waals surface area contributed by atoms with Crippen molar-refractivity contribution >= 4 is 27.6 Å². The van der Waals surface area contributed by atoms with Gasteiger partial charge in [0, 0.05) is 12.7 Å². The molecule has 1 aromatic carbocycles. The Hall–Kier alpha value is -2.92. The molecular formula is C21H26N2O8S. The molecule has 0 radical (unpaired) electrons. The highest BCUT2D eigenvalue weighted by Crippen LogP contribution is 2.41. The zero-order chi connectivity index (χ0) is 23.8. The van der Waals surface area contributed by atoms with Gasteiger partial charge in [-0.2, -0.15) is 0 Å². The first-order valence-electron chi connectivity index (χ1n) is 9.88. The molecule has 1 fully saturated rings. The van der Waals surface area contributed by atoms with Gasteiger partial charge in [0.05, 0.1) is 0 Å². The molecule has 3 atom stereocenters. The number of fused-ring (bicyclic) bond motifs is 1. The zero-order valence-corrected chi connectivity index (χ0v) is 19.3. The Morgan fingerprint density at radius 3 is 2.34 bits per heavy atom. The third-order valence-corrected chi connectivity index (χ3v) is 7.18. The molecule has 0 aliphatic carbocycles. The van der Waals surface area contributed by atoms with Gasteiger partial charge in [0.2, 0.25) is 9.84 Å². The van der Waals surface area contributed by atoms with E-state index in [-0.39, 0.29) is 11.3 Å². The highest BCUT2D eigenvalue weighted by molar-refractivity contribution is 7.92. The molecule has 32 heavy (non-hydrogen) atoms. The van der Waals surface area contributed by atoms with Crippen LogP contribution in [0.25, 0.3) is 0 Å². The molecule has 174 valence electrons. The lowest BCUT2D eigenvalue weighted by Crippen LogP contribution is -2.76. The number of amides is 2. The number of carbonyl (C=O) groups excluding carboxylic acids is 3. The Bertz CT molecular complexity index is 1060. The van der Waals surface area contributed by atoms with E-state index in [4.69, 9.17) is 14.2 Å². The minimum absolute atomic E-state index is 0.0449. The monoisotopic (exact) mass is 466 g/mol. The summed E-state index contributed by atoms with van der Waals surface area (Å²) in [6.45, 7) is 5.94. The maximum absolute atomic E-state index is 13.1. The van der Waals surface area contributed by atoms with Crippen molar-refractivity contribution in [2.75, 3.05) is 13.7 Å². The molecule has 10 nitrogen and oxygen atoms in total. The zero-order valence-electron chi connectivity index (χ0n) is 18.4. The number of esters is 1. The Balaban J connectivity index is 1.83. The fourth-order valence-corrected chi connectivity index (χ4v) is 5.82. The number of sulfone groups is 1. The molecule has 1 unspecified atom stereocenters. The van der Waals surface area contributed by atoms with E-state index >= 15 is 0 Å². The van der Waals surface area contributed by atoms with Gasteiger partial charge in [-0.3, -0.25) is 14.5 Å². The number of benzene rings is 1. The van der Waals surface area contributed by atoms with Crippen LogP contribution in [0.4, 0.5) is 0 Å². The molecule has 1 aromatic rings. The number of hydrogen-bond donors (Lipinski definition) is 1. The van der Waals surface area contributed by atoms with Crippen LogP contribution in [0.3, 0.4) is 0 Å². The van der Waals surface area contributed by atoms with E-state index in [1.807, 2.05) is 0 Å². The van der Waals surface area contributed by atoms with Crippen LogP contribution >= 0.6 is 0 Å². The fourth-order valence-electron chi connectivity index (χ4n) is 3.62. The number of carbonyl (C=O) groups is 3. The van der Waals surface area contributed by atoms with Crippen LogP contribution in [0.5, 0.6) is 5.75 Å². The third kappa shape index (κ3) is 4.35. The summed E-state index contributed by atoms with van der Waals surface area (Å²) in [5.41, 5.74) is -2.47. The summed E-state index contributed by atoms with van der Waals surface area (Å²) in [4.78, 5) is 38.8. The second kappa shape index (κ2) is 8.55. The first kappa shape index (κ1) is 23.7. The molecule has 0 spiro atoms. The van der Waals surface area contributed by atoms with Gasteiger partial charge in [-0.05, 0) is 39.8 Å². The topological polar surface area (TPSA) is 128 Å². The average molecular weight is 467 g/mol. The molecule has 1 saturated heterocycles. The number of ether oxygens (including phenoxy) is 3. The first-order chi connectivity index (χ1) is 14.9. The van der Waals surface area contributed by atoms with E-state index in [1.54, 1.807) is 51.1 Å². The van der Waals surface area contributed by atoms with Crippen molar-refractivity contribution in [3.8, 4) is 5.75 Å². The summed E-state index contributed by atoms with van der Waals surface area (Å²) in [5.74, 6) is -1.82.